The summed E-state index contributed by atoms with van der Waals surface area (Å²) in [7, 11) is 0. The average Bonchev–Trinajstić information content (AvgIpc) is 3.18. The molecule has 0 radical (unpaired) electrons. The molecule has 1 aliphatic rings. The number of nitrogens with zero attached hydrogens (tertiary/aromatic N) is 3. The molecular formula is C20H19FN4O2S. The number of benzene rings is 1. The molecule has 1 aromatic carbocycles. The van der Waals surface area contributed by atoms with E-state index in [9.17, 15) is 9.18 Å². The predicted molar refractivity (Wildman–Crippen MR) is 107 cm³/mol. The maximum atomic E-state index is 13.0. The van der Waals surface area contributed by atoms with Gasteiger partial charge < -0.3 is 15.0 Å². The third kappa shape index (κ3) is 4.52. The third-order valence-electron chi connectivity index (χ3n) is 4.35. The summed E-state index contributed by atoms with van der Waals surface area (Å²) in [6, 6.07) is 9.91. The van der Waals surface area contributed by atoms with Gasteiger partial charge in [-0.05, 0) is 36.4 Å². The zero-order valence-corrected chi connectivity index (χ0v) is 15.9. The molecule has 0 bridgehead atoms. The molecule has 1 fully saturated rings. The van der Waals surface area contributed by atoms with Crippen LogP contribution >= 0.6 is 11.3 Å². The zero-order valence-electron chi connectivity index (χ0n) is 15.1. The summed E-state index contributed by atoms with van der Waals surface area (Å²) in [6.07, 6.45) is 1.83. The lowest BCUT2D eigenvalue weighted by molar-refractivity contribution is -0.115. The number of ether oxygens (including phenoxy) is 1. The Labute approximate surface area is 166 Å². The van der Waals surface area contributed by atoms with E-state index in [4.69, 9.17) is 4.74 Å². The molecule has 8 heteroatoms. The van der Waals surface area contributed by atoms with E-state index in [0.717, 1.165) is 29.5 Å². The van der Waals surface area contributed by atoms with Crippen molar-refractivity contribution in [3.05, 3.63) is 59.5 Å². The quantitative estimate of drug-likeness (QED) is 0.714. The number of amides is 1. The van der Waals surface area contributed by atoms with Crippen LogP contribution in [0.1, 0.15) is 5.69 Å². The number of rotatable bonds is 5. The molecule has 0 spiro atoms. The summed E-state index contributed by atoms with van der Waals surface area (Å²) in [5.74, 6) is 0.440. The second-order valence-corrected chi connectivity index (χ2v) is 7.24. The first-order chi connectivity index (χ1) is 13.7. The van der Waals surface area contributed by atoms with E-state index in [0.29, 0.717) is 24.6 Å². The maximum Gasteiger partial charge on any atom is 0.230 e. The number of morpholine rings is 1. The van der Waals surface area contributed by atoms with Crippen molar-refractivity contribution in [3.8, 4) is 10.6 Å². The van der Waals surface area contributed by atoms with Crippen LogP contribution in [0.15, 0.2) is 48.0 Å². The molecule has 6 nitrogen and oxygen atoms in total. The highest BCUT2D eigenvalue weighted by Crippen LogP contribution is 2.24. The number of pyridine rings is 1. The summed E-state index contributed by atoms with van der Waals surface area (Å²) in [4.78, 5) is 23.4. The van der Waals surface area contributed by atoms with Crippen molar-refractivity contribution in [2.24, 2.45) is 0 Å². The normalized spacial score (nSPS) is 14.1. The molecular weight excluding hydrogens is 379 g/mol. The molecule has 28 heavy (non-hydrogen) atoms. The molecule has 0 aliphatic carbocycles. The number of hydrogen-bond acceptors (Lipinski definition) is 6. The van der Waals surface area contributed by atoms with Gasteiger partial charge >= 0.3 is 0 Å². The second kappa shape index (κ2) is 8.45. The van der Waals surface area contributed by atoms with Crippen molar-refractivity contribution in [2.75, 3.05) is 36.5 Å². The van der Waals surface area contributed by atoms with E-state index in [1.807, 2.05) is 17.5 Å². The van der Waals surface area contributed by atoms with Crippen molar-refractivity contribution in [3.63, 3.8) is 0 Å². The van der Waals surface area contributed by atoms with Crippen LogP contribution in [0.2, 0.25) is 0 Å². The number of carbonyl (C=O) groups is 1. The van der Waals surface area contributed by atoms with Crippen LogP contribution in [0.3, 0.4) is 0 Å². The summed E-state index contributed by atoms with van der Waals surface area (Å²) in [6.45, 7) is 3.04. The zero-order chi connectivity index (χ0) is 19.3. The van der Waals surface area contributed by atoms with Gasteiger partial charge in [0.2, 0.25) is 5.91 Å². The summed E-state index contributed by atoms with van der Waals surface area (Å²) in [5, 5.41) is 5.46. The number of anilines is 2. The number of carbonyl (C=O) groups excluding carboxylic acids is 1. The minimum atomic E-state index is -0.284. The van der Waals surface area contributed by atoms with Gasteiger partial charge in [0.05, 0.1) is 37.2 Å². The van der Waals surface area contributed by atoms with Crippen molar-refractivity contribution >= 4 is 28.7 Å². The van der Waals surface area contributed by atoms with Gasteiger partial charge in [-0.15, -0.1) is 11.3 Å². The highest BCUT2D eigenvalue weighted by atomic mass is 32.1. The molecule has 3 heterocycles. The Bertz CT molecular complexity index is 938. The van der Waals surface area contributed by atoms with Gasteiger partial charge in [-0.1, -0.05) is 0 Å². The molecule has 3 aromatic rings. The summed E-state index contributed by atoms with van der Waals surface area (Å²) in [5.41, 5.74) is 2.16. The first-order valence-electron chi connectivity index (χ1n) is 8.96. The van der Waals surface area contributed by atoms with Gasteiger partial charge in [-0.3, -0.25) is 4.79 Å². The Hall–Kier alpha value is -2.84. The third-order valence-corrected chi connectivity index (χ3v) is 5.29. The van der Waals surface area contributed by atoms with Crippen LogP contribution in [0, 0.1) is 5.82 Å². The van der Waals surface area contributed by atoms with Gasteiger partial charge in [0.15, 0.2) is 0 Å². The Kier molecular flexibility index (Phi) is 5.59. The minimum absolute atomic E-state index is 0.156. The number of hydrogen-bond donors (Lipinski definition) is 1. The molecule has 144 valence electrons. The standard InChI is InChI=1S/C20H19FN4O2S/c21-15-3-1-14(2-4-15)20-24-17(13-28-20)11-19(26)23-16-5-6-18(22-12-16)25-7-9-27-10-8-25/h1-6,12-13H,7-11H2,(H,23,26). The molecule has 0 saturated carbocycles. The van der Waals surface area contributed by atoms with E-state index in [2.05, 4.69) is 20.2 Å². The second-order valence-electron chi connectivity index (χ2n) is 6.38. The van der Waals surface area contributed by atoms with Crippen LogP contribution in [0.25, 0.3) is 10.6 Å². The molecule has 1 saturated heterocycles. The molecule has 2 aromatic heterocycles. The lowest BCUT2D eigenvalue weighted by Crippen LogP contribution is -2.36. The Morgan fingerprint density at radius 1 is 1.18 bits per heavy atom. The first kappa shape index (κ1) is 18.5. The molecule has 1 N–H and O–H groups in total. The van der Waals surface area contributed by atoms with Gasteiger partial charge in [-0.2, -0.15) is 0 Å². The SMILES string of the molecule is O=C(Cc1csc(-c2ccc(F)cc2)n1)Nc1ccc(N2CCOCC2)nc1. The predicted octanol–water partition coefficient (Wildman–Crippen LogP) is 3.36. The number of thiazole rings is 1. The van der Waals surface area contributed by atoms with E-state index in [-0.39, 0.29) is 18.1 Å². The fourth-order valence-corrected chi connectivity index (χ4v) is 3.75. The Morgan fingerprint density at radius 3 is 2.68 bits per heavy atom. The van der Waals surface area contributed by atoms with Crippen LogP contribution in [0.4, 0.5) is 15.9 Å². The fourth-order valence-electron chi connectivity index (χ4n) is 2.92. The van der Waals surface area contributed by atoms with Gasteiger partial charge in [-0.25, -0.2) is 14.4 Å². The molecule has 4 rings (SSSR count). The van der Waals surface area contributed by atoms with E-state index < -0.39 is 0 Å². The monoisotopic (exact) mass is 398 g/mol. The summed E-state index contributed by atoms with van der Waals surface area (Å²) < 4.78 is 18.4. The van der Waals surface area contributed by atoms with Crippen molar-refractivity contribution in [2.45, 2.75) is 6.42 Å². The maximum absolute atomic E-state index is 13.0. The van der Waals surface area contributed by atoms with E-state index in [1.165, 1.54) is 23.5 Å². The highest BCUT2D eigenvalue weighted by Gasteiger charge is 2.13. The largest absolute Gasteiger partial charge is 0.378 e. The number of halogens is 1. The van der Waals surface area contributed by atoms with Crippen molar-refractivity contribution in [1.82, 2.24) is 9.97 Å². The lowest BCUT2D eigenvalue weighted by atomic mass is 10.2. The Balaban J connectivity index is 1.35. The van der Waals surface area contributed by atoms with Crippen LogP contribution in [-0.4, -0.2) is 42.2 Å². The fraction of sp³-hybridized carbons (Fsp3) is 0.250. The van der Waals surface area contributed by atoms with Crippen LogP contribution in [-0.2, 0) is 16.0 Å². The molecule has 0 atom stereocenters. The van der Waals surface area contributed by atoms with Gasteiger partial charge in [0, 0.05) is 24.0 Å². The van der Waals surface area contributed by atoms with Gasteiger partial charge in [0.1, 0.15) is 16.6 Å². The van der Waals surface area contributed by atoms with Crippen LogP contribution < -0.4 is 10.2 Å². The molecule has 1 amide bonds. The van der Waals surface area contributed by atoms with Gasteiger partial charge in [0.25, 0.3) is 0 Å². The molecule has 1 aliphatic heterocycles. The van der Waals surface area contributed by atoms with Crippen LogP contribution in [0.5, 0.6) is 0 Å². The molecule has 0 unspecified atom stereocenters. The van der Waals surface area contributed by atoms with E-state index in [1.54, 1.807) is 18.3 Å². The minimum Gasteiger partial charge on any atom is -0.378 e. The number of nitrogens with one attached hydrogen (secondary N) is 1. The lowest BCUT2D eigenvalue weighted by Gasteiger charge is -2.27. The smallest absolute Gasteiger partial charge is 0.230 e. The number of aromatic nitrogens is 2. The van der Waals surface area contributed by atoms with Crippen molar-refractivity contribution in [1.29, 1.82) is 0 Å². The first-order valence-corrected chi connectivity index (χ1v) is 9.84. The highest BCUT2D eigenvalue weighted by molar-refractivity contribution is 7.13. The van der Waals surface area contributed by atoms with Crippen molar-refractivity contribution < 1.29 is 13.9 Å². The Morgan fingerprint density at radius 2 is 1.96 bits per heavy atom. The topological polar surface area (TPSA) is 67.4 Å². The average molecular weight is 398 g/mol. The summed E-state index contributed by atoms with van der Waals surface area (Å²) >= 11 is 1.43. The van der Waals surface area contributed by atoms with E-state index >= 15 is 0 Å².